The van der Waals surface area contributed by atoms with Crippen molar-refractivity contribution in [2.45, 2.75) is 38.3 Å². The molecule has 35 heavy (non-hydrogen) atoms. The number of halogens is 1. The van der Waals surface area contributed by atoms with Crippen LogP contribution in [0.4, 0.5) is 10.5 Å². The minimum atomic E-state index is -0.540. The lowest BCUT2D eigenvalue weighted by Crippen LogP contribution is -2.46. The molecular weight excluding hydrogens is 508 g/mol. The molecule has 2 amide bonds. The van der Waals surface area contributed by atoms with Crippen LogP contribution < -0.4 is 10.6 Å². The standard InChI is InChI=1S/C28H27BrN2O4/c29-21-15-16-25(23(17-21)26(32)20-11-5-2-6-12-20)30-27(33)22-13-7-8-14-24(22)31-28(34)35-18-19-9-3-1-4-10-19/h1-6,9-12,15-17,22,24H,7-8,13-14,18H2,(H,30,33)(H,31,34)/t22-,24+/m0/s1. The van der Waals surface area contributed by atoms with Gasteiger partial charge in [0, 0.05) is 21.6 Å². The summed E-state index contributed by atoms with van der Waals surface area (Å²) in [6.45, 7) is 0.167. The van der Waals surface area contributed by atoms with E-state index in [-0.39, 0.29) is 24.3 Å². The molecule has 0 radical (unpaired) electrons. The third-order valence-electron chi connectivity index (χ3n) is 6.14. The molecule has 0 spiro atoms. The van der Waals surface area contributed by atoms with Crippen molar-refractivity contribution >= 4 is 39.4 Å². The monoisotopic (exact) mass is 534 g/mol. The van der Waals surface area contributed by atoms with E-state index in [4.69, 9.17) is 4.74 Å². The first kappa shape index (κ1) is 24.7. The molecule has 1 saturated carbocycles. The number of anilines is 1. The average Bonchev–Trinajstić information content (AvgIpc) is 2.89. The van der Waals surface area contributed by atoms with Gasteiger partial charge in [0.2, 0.25) is 5.91 Å². The zero-order valence-electron chi connectivity index (χ0n) is 19.2. The smallest absolute Gasteiger partial charge is 0.407 e. The van der Waals surface area contributed by atoms with E-state index >= 15 is 0 Å². The summed E-state index contributed by atoms with van der Waals surface area (Å²) < 4.78 is 6.10. The number of hydrogen-bond donors (Lipinski definition) is 2. The van der Waals surface area contributed by atoms with E-state index in [9.17, 15) is 14.4 Å². The van der Waals surface area contributed by atoms with Crippen molar-refractivity contribution in [2.75, 3.05) is 5.32 Å². The van der Waals surface area contributed by atoms with Crippen LogP contribution in [0.5, 0.6) is 0 Å². The summed E-state index contributed by atoms with van der Waals surface area (Å²) in [5.74, 6) is -0.816. The topological polar surface area (TPSA) is 84.5 Å². The number of benzene rings is 3. The molecule has 7 heteroatoms. The first-order valence-corrected chi connectivity index (χ1v) is 12.5. The second-order valence-corrected chi connectivity index (χ2v) is 9.49. The van der Waals surface area contributed by atoms with E-state index in [1.54, 1.807) is 42.5 Å². The fourth-order valence-electron chi connectivity index (χ4n) is 4.32. The van der Waals surface area contributed by atoms with Gasteiger partial charge in [0.25, 0.3) is 0 Å². The van der Waals surface area contributed by atoms with Gasteiger partial charge in [0.1, 0.15) is 6.61 Å². The number of nitrogens with one attached hydrogen (secondary N) is 2. The predicted molar refractivity (Wildman–Crippen MR) is 138 cm³/mol. The largest absolute Gasteiger partial charge is 0.445 e. The van der Waals surface area contributed by atoms with Crippen LogP contribution in [0.15, 0.2) is 83.3 Å². The summed E-state index contributed by atoms with van der Waals surface area (Å²) in [5.41, 5.74) is 2.29. The predicted octanol–water partition coefficient (Wildman–Crippen LogP) is 6.10. The van der Waals surface area contributed by atoms with E-state index < -0.39 is 12.0 Å². The van der Waals surface area contributed by atoms with Crippen LogP contribution in [0.25, 0.3) is 0 Å². The van der Waals surface area contributed by atoms with Gasteiger partial charge in [0.05, 0.1) is 11.6 Å². The Morgan fingerprint density at radius 1 is 0.886 bits per heavy atom. The summed E-state index contributed by atoms with van der Waals surface area (Å²) >= 11 is 3.42. The highest BCUT2D eigenvalue weighted by atomic mass is 79.9. The van der Waals surface area contributed by atoms with Crippen LogP contribution in [-0.2, 0) is 16.1 Å². The second-order valence-electron chi connectivity index (χ2n) is 8.58. The molecule has 0 heterocycles. The molecule has 2 atom stereocenters. The molecule has 0 saturated heterocycles. The van der Waals surface area contributed by atoms with Crippen molar-refractivity contribution in [1.82, 2.24) is 5.32 Å². The lowest BCUT2D eigenvalue weighted by Gasteiger charge is -2.31. The molecule has 3 aromatic carbocycles. The summed E-state index contributed by atoms with van der Waals surface area (Å²) in [7, 11) is 0. The fourth-order valence-corrected chi connectivity index (χ4v) is 4.68. The molecular formula is C28H27BrN2O4. The van der Waals surface area contributed by atoms with E-state index in [2.05, 4.69) is 26.6 Å². The van der Waals surface area contributed by atoms with Gasteiger partial charge in [0.15, 0.2) is 5.78 Å². The van der Waals surface area contributed by atoms with Crippen molar-refractivity contribution in [3.63, 3.8) is 0 Å². The van der Waals surface area contributed by atoms with Crippen molar-refractivity contribution in [3.8, 4) is 0 Å². The molecule has 2 N–H and O–H groups in total. The molecule has 6 nitrogen and oxygen atoms in total. The molecule has 3 aromatic rings. The normalized spacial score (nSPS) is 17.3. The van der Waals surface area contributed by atoms with Gasteiger partial charge in [-0.3, -0.25) is 9.59 Å². The zero-order valence-corrected chi connectivity index (χ0v) is 20.8. The van der Waals surface area contributed by atoms with Crippen LogP contribution >= 0.6 is 15.9 Å². The minimum absolute atomic E-state index is 0.167. The van der Waals surface area contributed by atoms with E-state index in [1.165, 1.54) is 0 Å². The van der Waals surface area contributed by atoms with E-state index in [1.807, 2.05) is 36.4 Å². The van der Waals surface area contributed by atoms with Gasteiger partial charge >= 0.3 is 6.09 Å². The van der Waals surface area contributed by atoms with Crippen LogP contribution in [0.3, 0.4) is 0 Å². The first-order chi connectivity index (χ1) is 17.0. The third kappa shape index (κ3) is 6.57. The Bertz CT molecular complexity index is 1180. The Hall–Kier alpha value is -3.45. The molecule has 0 bridgehead atoms. The third-order valence-corrected chi connectivity index (χ3v) is 6.63. The number of hydrogen-bond acceptors (Lipinski definition) is 4. The number of alkyl carbamates (subject to hydrolysis) is 1. The highest BCUT2D eigenvalue weighted by Gasteiger charge is 2.33. The molecule has 0 unspecified atom stereocenters. The lowest BCUT2D eigenvalue weighted by molar-refractivity contribution is -0.121. The summed E-state index contributed by atoms with van der Waals surface area (Å²) in [6.07, 6.45) is 2.61. The van der Waals surface area contributed by atoms with Crippen molar-refractivity contribution in [2.24, 2.45) is 5.92 Å². The van der Waals surface area contributed by atoms with Gasteiger partial charge in [-0.2, -0.15) is 0 Å². The molecule has 4 rings (SSSR count). The highest BCUT2D eigenvalue weighted by Crippen LogP contribution is 2.29. The molecule has 0 aliphatic heterocycles. The molecule has 1 aliphatic carbocycles. The van der Waals surface area contributed by atoms with Gasteiger partial charge in [-0.15, -0.1) is 0 Å². The van der Waals surface area contributed by atoms with Crippen LogP contribution in [0.1, 0.15) is 47.2 Å². The summed E-state index contributed by atoms with van der Waals surface area (Å²) in [4.78, 5) is 38.9. The Kier molecular flexibility index (Phi) is 8.32. The van der Waals surface area contributed by atoms with Crippen LogP contribution in [0.2, 0.25) is 0 Å². The fraction of sp³-hybridized carbons (Fsp3) is 0.250. The number of carbonyl (C=O) groups excluding carboxylic acids is 3. The molecule has 0 aromatic heterocycles. The van der Waals surface area contributed by atoms with Crippen LogP contribution in [0, 0.1) is 5.92 Å². The summed E-state index contributed by atoms with van der Waals surface area (Å²) in [5, 5.41) is 5.83. The first-order valence-electron chi connectivity index (χ1n) is 11.7. The van der Waals surface area contributed by atoms with Gasteiger partial charge < -0.3 is 15.4 Å². The lowest BCUT2D eigenvalue weighted by atomic mass is 9.83. The highest BCUT2D eigenvalue weighted by molar-refractivity contribution is 9.10. The Morgan fingerprint density at radius 3 is 2.31 bits per heavy atom. The Morgan fingerprint density at radius 2 is 1.57 bits per heavy atom. The minimum Gasteiger partial charge on any atom is -0.445 e. The van der Waals surface area contributed by atoms with Crippen molar-refractivity contribution in [1.29, 1.82) is 0 Å². The maximum Gasteiger partial charge on any atom is 0.407 e. The average molecular weight is 535 g/mol. The number of ether oxygens (including phenoxy) is 1. The number of carbonyl (C=O) groups is 3. The number of rotatable bonds is 7. The second kappa shape index (κ2) is 11.8. The van der Waals surface area contributed by atoms with Crippen LogP contribution in [-0.4, -0.2) is 23.8 Å². The SMILES string of the molecule is O=C(N[C@@H]1CCCC[C@@H]1C(=O)Nc1ccc(Br)cc1C(=O)c1ccccc1)OCc1ccccc1. The van der Waals surface area contributed by atoms with Crippen molar-refractivity contribution < 1.29 is 19.1 Å². The number of ketones is 1. The zero-order chi connectivity index (χ0) is 24.6. The maximum atomic E-state index is 13.3. The van der Waals surface area contributed by atoms with E-state index in [0.717, 1.165) is 22.9 Å². The van der Waals surface area contributed by atoms with Gasteiger partial charge in [-0.05, 0) is 36.6 Å². The Balaban J connectivity index is 1.44. The van der Waals surface area contributed by atoms with Gasteiger partial charge in [-0.1, -0.05) is 89.4 Å². The maximum absolute atomic E-state index is 13.3. The Labute approximate surface area is 213 Å². The molecule has 1 fully saturated rings. The summed E-state index contributed by atoms with van der Waals surface area (Å²) in [6, 6.07) is 23.3. The molecule has 180 valence electrons. The quantitative estimate of drug-likeness (QED) is 0.358. The van der Waals surface area contributed by atoms with Crippen molar-refractivity contribution in [3.05, 3.63) is 100 Å². The number of amides is 2. The van der Waals surface area contributed by atoms with Gasteiger partial charge in [-0.25, -0.2) is 4.79 Å². The molecule has 1 aliphatic rings. The van der Waals surface area contributed by atoms with E-state index in [0.29, 0.717) is 29.7 Å².